The second-order valence-corrected chi connectivity index (χ2v) is 7.98. The zero-order valence-corrected chi connectivity index (χ0v) is 17.5. The molecule has 0 N–H and O–H groups in total. The summed E-state index contributed by atoms with van der Waals surface area (Å²) in [6.45, 7) is 10.3. The first-order chi connectivity index (χ1) is 12.6. The maximum absolute atomic E-state index is 12.9. The van der Waals surface area contributed by atoms with E-state index in [0.717, 1.165) is 0 Å². The minimum atomic E-state index is -0.617. The van der Waals surface area contributed by atoms with E-state index in [2.05, 4.69) is 0 Å². The lowest BCUT2D eigenvalue weighted by molar-refractivity contribution is -0.147. The Bertz CT molecular complexity index is 586. The largest absolute Gasteiger partial charge is 0.467 e. The fraction of sp³-hybridized carbons (Fsp3) is 0.842. The van der Waals surface area contributed by atoms with E-state index >= 15 is 0 Å². The van der Waals surface area contributed by atoms with Crippen LogP contribution < -0.4 is 0 Å². The molecular weight excluding hydrogens is 350 g/mol. The molecule has 2 unspecified atom stereocenters. The SMILES string of the molecule is COC(=O)C(C(C)C)N(C)C(=O)N1CCC2(CC1)OC(C)N(C(C)=O)[C@H]2C. The van der Waals surface area contributed by atoms with Gasteiger partial charge in [0.05, 0.1) is 18.8 Å². The lowest BCUT2D eigenvalue weighted by atomic mass is 9.85. The number of piperidine rings is 1. The van der Waals surface area contributed by atoms with Crippen LogP contribution in [-0.2, 0) is 19.1 Å². The molecule has 2 rings (SSSR count). The highest BCUT2D eigenvalue weighted by molar-refractivity contribution is 5.83. The molecule has 3 atom stereocenters. The van der Waals surface area contributed by atoms with Crippen LogP contribution in [0.1, 0.15) is 47.5 Å². The number of amides is 3. The Kier molecular flexibility index (Phi) is 6.39. The Labute approximate surface area is 161 Å². The lowest BCUT2D eigenvalue weighted by Gasteiger charge is -2.43. The number of rotatable bonds is 3. The van der Waals surface area contributed by atoms with E-state index < -0.39 is 17.6 Å². The number of carbonyl (C=O) groups excluding carboxylic acids is 3. The quantitative estimate of drug-likeness (QED) is 0.693. The number of likely N-dealkylation sites (tertiary alicyclic amines) is 1. The third-order valence-electron chi connectivity index (χ3n) is 6.01. The maximum Gasteiger partial charge on any atom is 0.328 e. The van der Waals surface area contributed by atoms with E-state index in [0.29, 0.717) is 25.9 Å². The molecule has 8 heteroatoms. The molecule has 2 aliphatic rings. The second kappa shape index (κ2) is 8.04. The molecule has 3 amide bonds. The van der Waals surface area contributed by atoms with Gasteiger partial charge < -0.3 is 24.2 Å². The first-order valence-electron chi connectivity index (χ1n) is 9.62. The average Bonchev–Trinajstić information content (AvgIpc) is 2.84. The van der Waals surface area contributed by atoms with E-state index in [4.69, 9.17) is 9.47 Å². The van der Waals surface area contributed by atoms with Crippen LogP contribution in [0.3, 0.4) is 0 Å². The normalized spacial score (nSPS) is 25.6. The summed E-state index contributed by atoms with van der Waals surface area (Å²) in [6, 6.07) is -0.831. The third kappa shape index (κ3) is 3.90. The van der Waals surface area contributed by atoms with E-state index in [1.54, 1.807) is 23.8 Å². The predicted molar refractivity (Wildman–Crippen MR) is 99.9 cm³/mol. The Morgan fingerprint density at radius 2 is 1.74 bits per heavy atom. The Balaban J connectivity index is 2.06. The Morgan fingerprint density at radius 1 is 1.19 bits per heavy atom. The van der Waals surface area contributed by atoms with Crippen LogP contribution in [-0.4, -0.2) is 83.8 Å². The number of hydrogen-bond donors (Lipinski definition) is 0. The molecule has 154 valence electrons. The van der Waals surface area contributed by atoms with E-state index in [1.165, 1.54) is 12.0 Å². The molecule has 0 aromatic rings. The van der Waals surface area contributed by atoms with E-state index in [-0.39, 0.29) is 30.1 Å². The zero-order valence-electron chi connectivity index (χ0n) is 17.5. The summed E-state index contributed by atoms with van der Waals surface area (Å²) in [4.78, 5) is 41.9. The number of nitrogens with zero attached hydrogens (tertiary/aromatic N) is 3. The minimum Gasteiger partial charge on any atom is -0.467 e. The average molecular weight is 383 g/mol. The summed E-state index contributed by atoms with van der Waals surface area (Å²) < 4.78 is 11.0. The van der Waals surface area contributed by atoms with Gasteiger partial charge in [0.2, 0.25) is 5.91 Å². The molecule has 0 aromatic heterocycles. The van der Waals surface area contributed by atoms with Gasteiger partial charge >= 0.3 is 12.0 Å². The molecule has 27 heavy (non-hydrogen) atoms. The van der Waals surface area contributed by atoms with Crippen molar-refractivity contribution < 1.29 is 23.9 Å². The fourth-order valence-electron chi connectivity index (χ4n) is 4.54. The van der Waals surface area contributed by atoms with Crippen molar-refractivity contribution in [3.05, 3.63) is 0 Å². The standard InChI is InChI=1S/C19H33N3O5/c1-12(2)16(17(24)26-7)20(6)18(25)21-10-8-19(9-11-21)13(3)22(14(4)23)15(5)27-19/h12-13,15-16H,8-11H2,1-7H3/t13-,15?,16?/m0/s1. The number of methoxy groups -OCH3 is 1. The van der Waals surface area contributed by atoms with Gasteiger partial charge in [-0.1, -0.05) is 13.8 Å². The number of esters is 1. The lowest BCUT2D eigenvalue weighted by Crippen LogP contribution is -2.57. The monoisotopic (exact) mass is 383 g/mol. The Morgan fingerprint density at radius 3 is 2.15 bits per heavy atom. The van der Waals surface area contributed by atoms with Crippen molar-refractivity contribution in [2.45, 2.75) is 71.4 Å². The summed E-state index contributed by atoms with van der Waals surface area (Å²) in [5.41, 5.74) is -0.416. The zero-order chi connectivity index (χ0) is 20.5. The van der Waals surface area contributed by atoms with E-state index in [9.17, 15) is 14.4 Å². The van der Waals surface area contributed by atoms with Crippen molar-refractivity contribution in [2.24, 2.45) is 5.92 Å². The number of ether oxygens (including phenoxy) is 2. The number of hydrogen-bond acceptors (Lipinski definition) is 5. The van der Waals surface area contributed by atoms with Crippen molar-refractivity contribution in [1.29, 1.82) is 0 Å². The summed E-state index contributed by atoms with van der Waals surface area (Å²) in [6.07, 6.45) is 1.06. The first kappa shape index (κ1) is 21.5. The maximum atomic E-state index is 12.9. The van der Waals surface area contributed by atoms with Crippen LogP contribution in [0.2, 0.25) is 0 Å². The van der Waals surface area contributed by atoms with Crippen molar-refractivity contribution in [3.63, 3.8) is 0 Å². The topological polar surface area (TPSA) is 79.4 Å². The van der Waals surface area contributed by atoms with Crippen LogP contribution in [0.15, 0.2) is 0 Å². The summed E-state index contributed by atoms with van der Waals surface area (Å²) >= 11 is 0. The molecule has 0 bridgehead atoms. The van der Waals surface area contributed by atoms with Gasteiger partial charge in [-0.25, -0.2) is 9.59 Å². The molecule has 0 radical (unpaired) electrons. The van der Waals surface area contributed by atoms with Crippen molar-refractivity contribution >= 4 is 17.9 Å². The first-order valence-corrected chi connectivity index (χ1v) is 9.62. The van der Waals surface area contributed by atoms with Gasteiger partial charge in [0.1, 0.15) is 12.3 Å². The summed E-state index contributed by atoms with van der Waals surface area (Å²) in [7, 11) is 2.98. The van der Waals surface area contributed by atoms with Crippen molar-refractivity contribution in [1.82, 2.24) is 14.7 Å². The highest BCUT2D eigenvalue weighted by Gasteiger charge is 2.52. The van der Waals surface area contributed by atoms with Crippen molar-refractivity contribution in [2.75, 3.05) is 27.2 Å². The number of urea groups is 1. The second-order valence-electron chi connectivity index (χ2n) is 7.98. The molecule has 2 heterocycles. The van der Waals surface area contributed by atoms with Gasteiger partial charge in [-0.15, -0.1) is 0 Å². The predicted octanol–water partition coefficient (Wildman–Crippen LogP) is 1.68. The minimum absolute atomic E-state index is 0.00275. The fourth-order valence-corrected chi connectivity index (χ4v) is 4.54. The highest BCUT2D eigenvalue weighted by Crippen LogP contribution is 2.40. The summed E-state index contributed by atoms with van der Waals surface area (Å²) in [5.74, 6) is -0.457. The highest BCUT2D eigenvalue weighted by atomic mass is 16.5. The van der Waals surface area contributed by atoms with Gasteiger partial charge in [0.25, 0.3) is 0 Å². The van der Waals surface area contributed by atoms with Crippen LogP contribution in [0.5, 0.6) is 0 Å². The van der Waals surface area contributed by atoms with Gasteiger partial charge in [-0.3, -0.25) is 4.79 Å². The van der Waals surface area contributed by atoms with Crippen LogP contribution >= 0.6 is 0 Å². The number of carbonyl (C=O) groups is 3. The van der Waals surface area contributed by atoms with Crippen LogP contribution in [0.4, 0.5) is 4.79 Å². The van der Waals surface area contributed by atoms with Gasteiger partial charge in [0.15, 0.2) is 0 Å². The number of likely N-dealkylation sites (N-methyl/N-ethyl adjacent to an activating group) is 1. The van der Waals surface area contributed by atoms with Crippen LogP contribution in [0, 0.1) is 5.92 Å². The van der Waals surface area contributed by atoms with Crippen LogP contribution in [0.25, 0.3) is 0 Å². The molecule has 2 saturated heterocycles. The molecule has 2 aliphatic heterocycles. The van der Waals surface area contributed by atoms with Gasteiger partial charge in [-0.05, 0) is 32.6 Å². The summed E-state index contributed by atoms with van der Waals surface area (Å²) in [5, 5.41) is 0. The van der Waals surface area contributed by atoms with Gasteiger partial charge in [0, 0.05) is 27.1 Å². The molecular formula is C19H33N3O5. The molecule has 8 nitrogen and oxygen atoms in total. The van der Waals surface area contributed by atoms with Crippen molar-refractivity contribution in [3.8, 4) is 0 Å². The van der Waals surface area contributed by atoms with E-state index in [1.807, 2.05) is 27.7 Å². The van der Waals surface area contributed by atoms with Gasteiger partial charge in [-0.2, -0.15) is 0 Å². The Hall–Kier alpha value is -1.83. The molecule has 1 spiro atoms. The third-order valence-corrected chi connectivity index (χ3v) is 6.01. The molecule has 2 fully saturated rings. The molecule has 0 aliphatic carbocycles. The molecule has 0 aromatic carbocycles. The molecule has 0 saturated carbocycles. The smallest absolute Gasteiger partial charge is 0.328 e.